The molecule has 2 rings (SSSR count). The third-order valence-corrected chi connectivity index (χ3v) is 4.17. The highest BCUT2D eigenvalue weighted by atomic mass is 16.3. The summed E-state index contributed by atoms with van der Waals surface area (Å²) >= 11 is 0. The smallest absolute Gasteiger partial charge is 0.245 e. The van der Waals surface area contributed by atoms with Crippen LogP contribution in [0.25, 0.3) is 0 Å². The molecule has 0 saturated heterocycles. The molecule has 2 aliphatic carbocycles. The molecule has 2 saturated carbocycles. The van der Waals surface area contributed by atoms with Crippen LogP contribution in [0.1, 0.15) is 64.2 Å². The Balaban J connectivity index is 1.73. The average Bonchev–Trinajstić information content (AvgIpc) is 2.40. The number of amides is 1. The van der Waals surface area contributed by atoms with Crippen molar-refractivity contribution in [1.29, 1.82) is 0 Å². The van der Waals surface area contributed by atoms with Gasteiger partial charge in [-0.3, -0.25) is 4.79 Å². The molecule has 0 heterocycles. The Hall–Kier alpha value is -1.19. The quantitative estimate of drug-likeness (QED) is 0.599. The van der Waals surface area contributed by atoms with Crippen molar-refractivity contribution in [1.82, 2.24) is 10.6 Å². The van der Waals surface area contributed by atoms with E-state index in [1.807, 2.05) is 0 Å². The third kappa shape index (κ3) is 5.13. The van der Waals surface area contributed by atoms with Gasteiger partial charge in [0.1, 0.15) is 0 Å². The van der Waals surface area contributed by atoms with E-state index in [4.69, 9.17) is 0 Å². The fourth-order valence-electron chi connectivity index (χ4n) is 3.10. The summed E-state index contributed by atoms with van der Waals surface area (Å²) in [5, 5.41) is 17.6. The molecule has 19 heavy (non-hydrogen) atoms. The molecule has 0 aromatic carbocycles. The van der Waals surface area contributed by atoms with E-state index < -0.39 is 0 Å². The molecule has 4 nitrogen and oxygen atoms in total. The first-order valence-corrected chi connectivity index (χ1v) is 7.70. The Morgan fingerprint density at radius 3 is 1.84 bits per heavy atom. The van der Waals surface area contributed by atoms with E-state index in [2.05, 4.69) is 10.6 Å². The lowest BCUT2D eigenvalue weighted by Crippen LogP contribution is -2.39. The van der Waals surface area contributed by atoms with Crippen molar-refractivity contribution in [3.05, 3.63) is 12.0 Å². The first-order chi connectivity index (χ1) is 9.24. The van der Waals surface area contributed by atoms with E-state index in [9.17, 15) is 9.90 Å². The Morgan fingerprint density at radius 1 is 0.842 bits per heavy atom. The number of carbonyl (C=O) groups excluding carboxylic acids is 1. The zero-order valence-electron chi connectivity index (χ0n) is 11.6. The first-order valence-electron chi connectivity index (χ1n) is 7.70. The van der Waals surface area contributed by atoms with Gasteiger partial charge in [-0.2, -0.15) is 0 Å². The highest BCUT2D eigenvalue weighted by Gasteiger charge is 2.15. The largest absolute Gasteiger partial charge is 0.860 e. The fourth-order valence-corrected chi connectivity index (χ4v) is 3.10. The molecular formula is C15H25N2O2-. The Kier molecular flexibility index (Phi) is 5.55. The summed E-state index contributed by atoms with van der Waals surface area (Å²) in [5.41, 5.74) is 0. The molecule has 2 fully saturated rings. The molecule has 0 unspecified atom stereocenters. The highest BCUT2D eigenvalue weighted by molar-refractivity contribution is 5.87. The first kappa shape index (κ1) is 14.2. The fraction of sp³-hybridized carbons (Fsp3) is 0.800. The van der Waals surface area contributed by atoms with Crippen molar-refractivity contribution in [3.63, 3.8) is 0 Å². The Morgan fingerprint density at radius 2 is 1.32 bits per heavy atom. The van der Waals surface area contributed by atoms with E-state index in [0.717, 1.165) is 25.7 Å². The van der Waals surface area contributed by atoms with Gasteiger partial charge in [-0.25, -0.2) is 0 Å². The van der Waals surface area contributed by atoms with Crippen molar-refractivity contribution in [3.8, 4) is 0 Å². The van der Waals surface area contributed by atoms with Crippen LogP contribution >= 0.6 is 0 Å². The molecule has 0 bridgehead atoms. The zero-order valence-corrected chi connectivity index (χ0v) is 11.6. The van der Waals surface area contributed by atoms with Crippen molar-refractivity contribution in [2.24, 2.45) is 0 Å². The minimum absolute atomic E-state index is 0.236. The lowest BCUT2D eigenvalue weighted by molar-refractivity contribution is -0.313. The number of nitrogens with one attached hydrogen (secondary N) is 2. The molecule has 0 aromatic heterocycles. The summed E-state index contributed by atoms with van der Waals surface area (Å²) in [6.45, 7) is 0. The van der Waals surface area contributed by atoms with Gasteiger partial charge in [-0.15, -0.1) is 0 Å². The number of hydrogen-bond donors (Lipinski definition) is 2. The SMILES string of the molecule is O=C(/C=C(\[O-])NC1CCCCC1)NC1CCCCC1. The third-order valence-electron chi connectivity index (χ3n) is 4.17. The van der Waals surface area contributed by atoms with Crippen molar-refractivity contribution in [2.75, 3.05) is 0 Å². The van der Waals surface area contributed by atoms with Crippen LogP contribution in [0.3, 0.4) is 0 Å². The van der Waals surface area contributed by atoms with Crippen LogP contribution in [-0.2, 0) is 4.79 Å². The summed E-state index contributed by atoms with van der Waals surface area (Å²) in [4.78, 5) is 11.7. The van der Waals surface area contributed by atoms with Crippen molar-refractivity contribution >= 4 is 5.91 Å². The van der Waals surface area contributed by atoms with Gasteiger partial charge in [0, 0.05) is 18.2 Å². The molecular weight excluding hydrogens is 240 g/mol. The van der Waals surface area contributed by atoms with Crippen LogP contribution in [0.2, 0.25) is 0 Å². The summed E-state index contributed by atoms with van der Waals surface area (Å²) < 4.78 is 0. The monoisotopic (exact) mass is 265 g/mol. The summed E-state index contributed by atoms with van der Waals surface area (Å²) in [6.07, 6.45) is 12.6. The summed E-state index contributed by atoms with van der Waals surface area (Å²) in [7, 11) is 0. The maximum absolute atomic E-state index is 11.7. The van der Waals surface area contributed by atoms with E-state index in [-0.39, 0.29) is 23.9 Å². The van der Waals surface area contributed by atoms with Gasteiger partial charge in [0.2, 0.25) is 5.91 Å². The zero-order chi connectivity index (χ0) is 13.5. The second kappa shape index (κ2) is 7.41. The van der Waals surface area contributed by atoms with Gasteiger partial charge in [0.15, 0.2) is 0 Å². The van der Waals surface area contributed by atoms with Crippen molar-refractivity contribution in [2.45, 2.75) is 76.3 Å². The Bertz CT molecular complexity index is 316. The van der Waals surface area contributed by atoms with Crippen LogP contribution in [0.4, 0.5) is 0 Å². The van der Waals surface area contributed by atoms with E-state index >= 15 is 0 Å². The molecule has 0 aromatic rings. The lowest BCUT2D eigenvalue weighted by atomic mass is 9.95. The number of hydrogen-bond acceptors (Lipinski definition) is 3. The predicted octanol–water partition coefficient (Wildman–Crippen LogP) is 1.56. The second-order valence-electron chi connectivity index (χ2n) is 5.83. The Labute approximate surface area is 115 Å². The standard InChI is InChI=1S/C15H26N2O2/c18-14(16-12-7-3-1-4-8-12)11-15(19)17-13-9-5-2-6-10-13/h11-13,16,18H,1-10H2,(H,17,19)/p-1/b14-11-. The summed E-state index contributed by atoms with van der Waals surface area (Å²) in [5.74, 6) is -0.472. The van der Waals surface area contributed by atoms with Crippen LogP contribution in [0.15, 0.2) is 12.0 Å². The van der Waals surface area contributed by atoms with E-state index in [0.29, 0.717) is 0 Å². The van der Waals surface area contributed by atoms with E-state index in [1.54, 1.807) is 0 Å². The normalized spacial score (nSPS) is 23.1. The molecule has 2 N–H and O–H groups in total. The van der Waals surface area contributed by atoms with Crippen LogP contribution in [-0.4, -0.2) is 18.0 Å². The van der Waals surface area contributed by atoms with Gasteiger partial charge >= 0.3 is 0 Å². The molecule has 0 aliphatic heterocycles. The highest BCUT2D eigenvalue weighted by Crippen LogP contribution is 2.18. The minimum Gasteiger partial charge on any atom is -0.860 e. The molecule has 0 radical (unpaired) electrons. The molecule has 0 atom stereocenters. The van der Waals surface area contributed by atoms with Crippen LogP contribution < -0.4 is 15.7 Å². The van der Waals surface area contributed by atoms with Gasteiger partial charge in [-0.1, -0.05) is 38.5 Å². The number of rotatable bonds is 4. The molecule has 108 valence electrons. The number of carbonyl (C=O) groups is 1. The molecule has 2 aliphatic rings. The van der Waals surface area contributed by atoms with Gasteiger partial charge in [0.05, 0.1) is 0 Å². The maximum atomic E-state index is 11.7. The van der Waals surface area contributed by atoms with Crippen molar-refractivity contribution < 1.29 is 9.90 Å². The average molecular weight is 265 g/mol. The predicted molar refractivity (Wildman–Crippen MR) is 73.1 cm³/mol. The van der Waals surface area contributed by atoms with Gasteiger partial charge < -0.3 is 15.7 Å². The van der Waals surface area contributed by atoms with Crippen LogP contribution in [0, 0.1) is 0 Å². The van der Waals surface area contributed by atoms with Gasteiger partial charge in [-0.05, 0) is 31.6 Å². The molecule has 0 spiro atoms. The molecule has 1 amide bonds. The van der Waals surface area contributed by atoms with Gasteiger partial charge in [0.25, 0.3) is 0 Å². The minimum atomic E-state index is -0.236. The topological polar surface area (TPSA) is 64.2 Å². The maximum Gasteiger partial charge on any atom is 0.245 e. The van der Waals surface area contributed by atoms with Crippen LogP contribution in [0.5, 0.6) is 0 Å². The second-order valence-corrected chi connectivity index (χ2v) is 5.83. The van der Waals surface area contributed by atoms with E-state index in [1.165, 1.54) is 44.6 Å². The molecule has 4 heteroatoms. The summed E-state index contributed by atoms with van der Waals surface area (Å²) in [6, 6.07) is 0.528. The lowest BCUT2D eigenvalue weighted by Gasteiger charge is -2.28.